The van der Waals surface area contributed by atoms with Crippen molar-refractivity contribution in [3.05, 3.63) is 65.2 Å². The van der Waals surface area contributed by atoms with Gasteiger partial charge in [0.1, 0.15) is 0 Å². The van der Waals surface area contributed by atoms with Crippen LogP contribution in [-0.2, 0) is 14.8 Å². The fraction of sp³-hybridized carbons (Fsp3) is 0.286. The largest absolute Gasteiger partial charge is 0.322 e. The normalized spacial score (nSPS) is 16.0. The van der Waals surface area contributed by atoms with Crippen LogP contribution in [0.1, 0.15) is 31.2 Å². The van der Waals surface area contributed by atoms with Crippen molar-refractivity contribution >= 4 is 39.3 Å². The Hall–Kier alpha value is -2.15. The first kappa shape index (κ1) is 20.6. The monoisotopic (exact) mass is 418 g/mol. The van der Waals surface area contributed by atoms with Crippen molar-refractivity contribution in [3.8, 4) is 0 Å². The number of hydrogen-bond donors (Lipinski definition) is 1. The van der Waals surface area contributed by atoms with Crippen LogP contribution in [0.15, 0.2) is 59.5 Å². The van der Waals surface area contributed by atoms with Crippen LogP contribution in [0.3, 0.4) is 0 Å². The van der Waals surface area contributed by atoms with Crippen LogP contribution in [-0.4, -0.2) is 31.7 Å². The van der Waals surface area contributed by atoms with Crippen LogP contribution < -0.4 is 5.32 Å². The molecular weight excluding hydrogens is 396 g/mol. The number of carbonyl (C=O) groups is 1. The zero-order chi connectivity index (χ0) is 20.0. The van der Waals surface area contributed by atoms with E-state index in [1.807, 2.05) is 0 Å². The number of anilines is 1. The third-order valence-corrected chi connectivity index (χ3v) is 6.75. The molecule has 0 radical (unpaired) electrons. The number of nitrogens with one attached hydrogen (secondary N) is 1. The maximum atomic E-state index is 12.9. The van der Waals surface area contributed by atoms with Crippen molar-refractivity contribution in [2.75, 3.05) is 18.4 Å². The molecule has 0 bridgehead atoms. The molecule has 28 heavy (non-hydrogen) atoms. The summed E-state index contributed by atoms with van der Waals surface area (Å²) in [5, 5.41) is 3.35. The predicted octanol–water partition coefficient (Wildman–Crippen LogP) is 4.56. The molecule has 2 aromatic carbocycles. The minimum absolute atomic E-state index is 0.203. The predicted molar refractivity (Wildman–Crippen MR) is 113 cm³/mol. The summed E-state index contributed by atoms with van der Waals surface area (Å²) in [6.45, 7) is 1.09. The van der Waals surface area contributed by atoms with E-state index < -0.39 is 10.0 Å². The highest BCUT2D eigenvalue weighted by molar-refractivity contribution is 7.89. The van der Waals surface area contributed by atoms with Crippen molar-refractivity contribution < 1.29 is 13.2 Å². The lowest BCUT2D eigenvalue weighted by Gasteiger charge is -2.20. The van der Waals surface area contributed by atoms with Gasteiger partial charge in [-0.15, -0.1) is 0 Å². The smallest absolute Gasteiger partial charge is 0.248 e. The van der Waals surface area contributed by atoms with Crippen LogP contribution in [0.2, 0.25) is 5.02 Å². The fourth-order valence-electron chi connectivity index (χ4n) is 3.10. The van der Waals surface area contributed by atoms with Crippen LogP contribution in [0.4, 0.5) is 5.69 Å². The van der Waals surface area contributed by atoms with Gasteiger partial charge in [0.2, 0.25) is 15.9 Å². The van der Waals surface area contributed by atoms with Gasteiger partial charge in [0, 0.05) is 29.9 Å². The molecule has 0 unspecified atom stereocenters. The highest BCUT2D eigenvalue weighted by Crippen LogP contribution is 2.22. The Labute approximate surface area is 171 Å². The second-order valence-corrected chi connectivity index (χ2v) is 9.09. The first-order chi connectivity index (χ1) is 13.4. The average molecular weight is 419 g/mol. The summed E-state index contributed by atoms with van der Waals surface area (Å²) in [4.78, 5) is 12.4. The summed E-state index contributed by atoms with van der Waals surface area (Å²) in [5.74, 6) is -0.334. The van der Waals surface area contributed by atoms with Crippen LogP contribution in [0.5, 0.6) is 0 Å². The quantitative estimate of drug-likeness (QED) is 0.724. The second-order valence-electron chi connectivity index (χ2n) is 6.72. The van der Waals surface area contributed by atoms with E-state index in [9.17, 15) is 13.2 Å². The van der Waals surface area contributed by atoms with Crippen molar-refractivity contribution in [2.24, 2.45) is 0 Å². The number of rotatable bonds is 5. The molecule has 1 amide bonds. The van der Waals surface area contributed by atoms with E-state index in [2.05, 4.69) is 5.32 Å². The molecule has 1 saturated heterocycles. The number of sulfonamides is 1. The molecule has 5 nitrogen and oxygen atoms in total. The number of nitrogens with zero attached hydrogens (tertiary/aromatic N) is 1. The van der Waals surface area contributed by atoms with Gasteiger partial charge in [0.25, 0.3) is 0 Å². The van der Waals surface area contributed by atoms with Gasteiger partial charge in [0.15, 0.2) is 0 Å². The molecule has 1 fully saturated rings. The van der Waals surface area contributed by atoms with E-state index in [0.29, 0.717) is 23.8 Å². The Morgan fingerprint density at radius 3 is 2.36 bits per heavy atom. The molecule has 0 aliphatic carbocycles. The zero-order valence-corrected chi connectivity index (χ0v) is 17.0. The molecule has 148 valence electrons. The Morgan fingerprint density at radius 2 is 1.68 bits per heavy atom. The van der Waals surface area contributed by atoms with E-state index in [1.54, 1.807) is 52.8 Å². The lowest BCUT2D eigenvalue weighted by Crippen LogP contribution is -2.32. The number of hydrogen-bond acceptors (Lipinski definition) is 3. The maximum absolute atomic E-state index is 12.9. The SMILES string of the molecule is O=C(C=Cc1ccc(Cl)cc1)Nc1cccc(S(=O)(=O)N2CCCCCC2)c1. The maximum Gasteiger partial charge on any atom is 0.248 e. The van der Waals surface area contributed by atoms with Gasteiger partial charge >= 0.3 is 0 Å². The van der Waals surface area contributed by atoms with Gasteiger partial charge in [-0.2, -0.15) is 4.31 Å². The van der Waals surface area contributed by atoms with E-state index in [1.165, 1.54) is 12.1 Å². The van der Waals surface area contributed by atoms with Crippen LogP contribution in [0.25, 0.3) is 6.08 Å². The summed E-state index contributed by atoms with van der Waals surface area (Å²) < 4.78 is 27.4. The second kappa shape index (κ2) is 9.37. The van der Waals surface area contributed by atoms with Crippen molar-refractivity contribution in [2.45, 2.75) is 30.6 Å². The molecule has 0 spiro atoms. The first-order valence-electron chi connectivity index (χ1n) is 9.30. The summed E-state index contributed by atoms with van der Waals surface area (Å²) in [6, 6.07) is 13.5. The van der Waals surface area contributed by atoms with Gasteiger partial charge in [-0.1, -0.05) is 42.6 Å². The fourth-order valence-corrected chi connectivity index (χ4v) is 4.78. The zero-order valence-electron chi connectivity index (χ0n) is 15.5. The van der Waals surface area contributed by atoms with Gasteiger partial charge < -0.3 is 5.32 Å². The molecule has 2 aromatic rings. The standard InChI is InChI=1S/C21H23ClN2O3S/c22-18-11-8-17(9-12-18)10-13-21(25)23-19-6-5-7-20(16-19)28(26,27)24-14-3-1-2-4-15-24/h5-13,16H,1-4,14-15H2,(H,23,25). The third kappa shape index (κ3) is 5.44. The van der Waals surface area contributed by atoms with Crippen molar-refractivity contribution in [1.82, 2.24) is 4.31 Å². The highest BCUT2D eigenvalue weighted by Gasteiger charge is 2.25. The van der Waals surface area contributed by atoms with Gasteiger partial charge in [-0.3, -0.25) is 4.79 Å². The number of halogens is 1. The molecular formula is C21H23ClN2O3S. The minimum Gasteiger partial charge on any atom is -0.322 e. The molecule has 1 N–H and O–H groups in total. The molecule has 1 aliphatic heterocycles. The van der Waals surface area contributed by atoms with Crippen LogP contribution >= 0.6 is 11.6 Å². The average Bonchev–Trinajstić information content (AvgIpc) is 2.98. The van der Waals surface area contributed by atoms with Crippen molar-refractivity contribution in [3.63, 3.8) is 0 Å². The summed E-state index contributed by atoms with van der Waals surface area (Å²) in [7, 11) is -3.55. The Morgan fingerprint density at radius 1 is 1.00 bits per heavy atom. The number of benzene rings is 2. The lowest BCUT2D eigenvalue weighted by molar-refractivity contribution is -0.111. The first-order valence-corrected chi connectivity index (χ1v) is 11.1. The summed E-state index contributed by atoms with van der Waals surface area (Å²) >= 11 is 5.84. The van der Waals surface area contributed by atoms with Crippen molar-refractivity contribution in [1.29, 1.82) is 0 Å². The summed E-state index contributed by atoms with van der Waals surface area (Å²) in [5.41, 5.74) is 1.29. The Kier molecular flexibility index (Phi) is 6.88. The highest BCUT2D eigenvalue weighted by atomic mass is 35.5. The molecule has 0 aromatic heterocycles. The Balaban J connectivity index is 1.70. The number of carbonyl (C=O) groups excluding carboxylic acids is 1. The molecule has 1 aliphatic rings. The summed E-state index contributed by atoms with van der Waals surface area (Å²) in [6.07, 6.45) is 6.95. The minimum atomic E-state index is -3.55. The van der Waals surface area contributed by atoms with E-state index in [4.69, 9.17) is 11.6 Å². The molecule has 0 atom stereocenters. The Bertz CT molecular complexity index is 948. The molecule has 0 saturated carbocycles. The van der Waals surface area contributed by atoms with Crippen LogP contribution in [0, 0.1) is 0 Å². The number of amides is 1. The van der Waals surface area contributed by atoms with Gasteiger partial charge in [-0.25, -0.2) is 8.42 Å². The lowest BCUT2D eigenvalue weighted by atomic mass is 10.2. The van der Waals surface area contributed by atoms with E-state index in [0.717, 1.165) is 31.2 Å². The third-order valence-electron chi connectivity index (χ3n) is 4.60. The van der Waals surface area contributed by atoms with E-state index >= 15 is 0 Å². The van der Waals surface area contributed by atoms with Gasteiger partial charge in [0.05, 0.1) is 4.90 Å². The molecule has 7 heteroatoms. The van der Waals surface area contributed by atoms with Gasteiger partial charge in [-0.05, 0) is 54.8 Å². The van der Waals surface area contributed by atoms with E-state index in [-0.39, 0.29) is 10.8 Å². The topological polar surface area (TPSA) is 66.5 Å². The molecule has 1 heterocycles. The molecule has 3 rings (SSSR count).